The zero-order chi connectivity index (χ0) is 33.9. The molecule has 19 nitrogen and oxygen atoms in total. The van der Waals surface area contributed by atoms with E-state index in [2.05, 4.69) is 28.1 Å². The number of nitrogen functional groups attached to an aromatic ring is 1. The van der Waals surface area contributed by atoms with E-state index in [1.807, 2.05) is 5.09 Å². The summed E-state index contributed by atoms with van der Waals surface area (Å²) < 4.78 is 79.1. The van der Waals surface area contributed by atoms with Gasteiger partial charge in [-0.2, -0.15) is 35.4 Å². The van der Waals surface area contributed by atoms with Crippen LogP contribution in [0, 0.1) is 0 Å². The molecule has 0 radical (unpaired) electrons. The molecule has 1 aliphatic rings. The number of nitrogens with two attached hydrogens (primary N) is 1. The van der Waals surface area contributed by atoms with Crippen LogP contribution >= 0.6 is 46.8 Å². The SMILES string of the molecule is CSCCC(NP(=O)(Oc1ccccc1)OP(=O)(O)OP(=O)(O)OC[C@H]1O[C@@H](n2cnc3c(N)nc(Cl)nc32)[C@@H](F)[C@@H]1O)C(=O)O. The van der Waals surface area contributed by atoms with Gasteiger partial charge in [0.05, 0.1) is 12.9 Å². The van der Waals surface area contributed by atoms with Crippen LogP contribution in [0.4, 0.5) is 10.2 Å². The highest BCUT2D eigenvalue weighted by atomic mass is 35.5. The maximum absolute atomic E-state index is 15.1. The van der Waals surface area contributed by atoms with Crippen LogP contribution in [-0.2, 0) is 36.4 Å². The molecule has 1 fully saturated rings. The lowest BCUT2D eigenvalue weighted by Crippen LogP contribution is -2.36. The molecule has 0 bridgehead atoms. The third-order valence-electron chi connectivity index (χ3n) is 6.00. The Morgan fingerprint density at radius 1 is 1.22 bits per heavy atom. The van der Waals surface area contributed by atoms with Crippen molar-refractivity contribution in [3.05, 3.63) is 41.9 Å². The van der Waals surface area contributed by atoms with Crippen molar-refractivity contribution in [2.45, 2.75) is 37.1 Å². The van der Waals surface area contributed by atoms with Crippen LogP contribution in [0.1, 0.15) is 12.6 Å². The number of nitrogens with zero attached hydrogens (tertiary/aromatic N) is 4. The molecule has 3 heterocycles. The minimum Gasteiger partial charge on any atom is -0.480 e. The van der Waals surface area contributed by atoms with E-state index >= 15 is 4.39 Å². The van der Waals surface area contributed by atoms with Crippen molar-refractivity contribution in [3.63, 3.8) is 0 Å². The molecule has 1 saturated heterocycles. The Morgan fingerprint density at radius 3 is 2.57 bits per heavy atom. The Balaban J connectivity index is 1.45. The van der Waals surface area contributed by atoms with Crippen LogP contribution in [0.15, 0.2) is 36.7 Å². The molecule has 0 spiro atoms. The number of rotatable bonds is 16. The first-order valence-electron chi connectivity index (χ1n) is 12.7. The van der Waals surface area contributed by atoms with Gasteiger partial charge in [-0.25, -0.2) is 23.1 Å². The minimum atomic E-state index is -5.88. The van der Waals surface area contributed by atoms with Crippen molar-refractivity contribution in [3.8, 4) is 5.75 Å². The van der Waals surface area contributed by atoms with E-state index in [1.54, 1.807) is 12.3 Å². The van der Waals surface area contributed by atoms with E-state index in [9.17, 15) is 38.5 Å². The highest BCUT2D eigenvalue weighted by Crippen LogP contribution is 2.67. The molecular weight excluding hydrogens is 724 g/mol. The van der Waals surface area contributed by atoms with Gasteiger partial charge in [0.25, 0.3) is 0 Å². The number of carboxylic acids is 1. The molecule has 25 heteroatoms. The zero-order valence-electron chi connectivity index (χ0n) is 23.3. The van der Waals surface area contributed by atoms with Gasteiger partial charge in [0.2, 0.25) is 5.28 Å². The molecule has 3 aromatic rings. The Hall–Kier alpha value is -2.22. The van der Waals surface area contributed by atoms with Crippen LogP contribution < -0.4 is 15.3 Å². The second kappa shape index (κ2) is 14.9. The van der Waals surface area contributed by atoms with Crippen molar-refractivity contribution < 1.29 is 65.3 Å². The van der Waals surface area contributed by atoms with E-state index in [1.165, 1.54) is 36.0 Å². The van der Waals surface area contributed by atoms with Crippen molar-refractivity contribution in [1.29, 1.82) is 0 Å². The minimum absolute atomic E-state index is 0.0447. The first kappa shape index (κ1) is 36.6. The summed E-state index contributed by atoms with van der Waals surface area (Å²) in [6.07, 6.45) is -4.78. The monoisotopic (exact) mass is 750 g/mol. The summed E-state index contributed by atoms with van der Waals surface area (Å²) in [4.78, 5) is 43.7. The lowest BCUT2D eigenvalue weighted by atomic mass is 10.1. The van der Waals surface area contributed by atoms with E-state index < -0.39 is 66.6 Å². The molecule has 46 heavy (non-hydrogen) atoms. The average molecular weight is 751 g/mol. The van der Waals surface area contributed by atoms with Gasteiger partial charge in [-0.05, 0) is 42.2 Å². The molecule has 4 unspecified atom stereocenters. The van der Waals surface area contributed by atoms with Gasteiger partial charge >= 0.3 is 29.4 Å². The summed E-state index contributed by atoms with van der Waals surface area (Å²) in [5, 5.41) is 21.6. The first-order chi connectivity index (χ1) is 21.5. The van der Waals surface area contributed by atoms with Gasteiger partial charge < -0.3 is 35.0 Å². The lowest BCUT2D eigenvalue weighted by Gasteiger charge is -2.25. The number of aliphatic carboxylic acids is 1. The topological polar surface area (TPSA) is 277 Å². The summed E-state index contributed by atoms with van der Waals surface area (Å²) >= 11 is 7.07. The number of hydrogen-bond acceptors (Lipinski definition) is 15. The molecule has 254 valence electrons. The lowest BCUT2D eigenvalue weighted by molar-refractivity contribution is -0.139. The fourth-order valence-corrected chi connectivity index (χ4v) is 9.07. The molecule has 4 rings (SSSR count). The van der Waals surface area contributed by atoms with Gasteiger partial charge in [0.1, 0.15) is 29.5 Å². The number of thioether (sulfide) groups is 1. The Labute approximate surface area is 268 Å². The van der Waals surface area contributed by atoms with Crippen LogP contribution in [0.3, 0.4) is 0 Å². The number of benzene rings is 1. The molecular formula is C21H27ClFN6O13P3S. The predicted molar refractivity (Wildman–Crippen MR) is 160 cm³/mol. The van der Waals surface area contributed by atoms with Crippen molar-refractivity contribution in [2.75, 3.05) is 24.3 Å². The number of aliphatic hydroxyl groups is 1. The number of phosphoric ester groups is 1. The van der Waals surface area contributed by atoms with Crippen molar-refractivity contribution in [1.82, 2.24) is 24.6 Å². The van der Waals surface area contributed by atoms with Crippen molar-refractivity contribution in [2.24, 2.45) is 0 Å². The van der Waals surface area contributed by atoms with Gasteiger partial charge in [-0.15, -0.1) is 0 Å². The van der Waals surface area contributed by atoms with Gasteiger partial charge in [0.15, 0.2) is 23.9 Å². The maximum atomic E-state index is 15.1. The fourth-order valence-electron chi connectivity index (χ4n) is 3.99. The van der Waals surface area contributed by atoms with Crippen LogP contribution in [-0.4, -0.2) is 88.5 Å². The second-order valence-electron chi connectivity index (χ2n) is 9.30. The summed E-state index contributed by atoms with van der Waals surface area (Å²) in [6.45, 7) is -1.08. The summed E-state index contributed by atoms with van der Waals surface area (Å²) in [6, 6.07) is 5.34. The number of imidazole rings is 1. The van der Waals surface area contributed by atoms with E-state index in [4.69, 9.17) is 26.6 Å². The Bertz CT molecular complexity index is 1700. The normalized spacial score (nSPS) is 24.6. The second-order valence-corrected chi connectivity index (χ2v) is 15.5. The van der Waals surface area contributed by atoms with Crippen LogP contribution in [0.5, 0.6) is 5.75 Å². The first-order valence-corrected chi connectivity index (χ1v) is 19.0. The highest BCUT2D eigenvalue weighted by molar-refractivity contribution is 7.98. The van der Waals surface area contributed by atoms with E-state index in [0.717, 1.165) is 10.9 Å². The Morgan fingerprint density at radius 2 is 1.91 bits per heavy atom. The number of aromatic nitrogens is 4. The molecule has 1 aliphatic heterocycles. The summed E-state index contributed by atoms with van der Waals surface area (Å²) in [7, 11) is -16.6. The molecule has 0 saturated carbocycles. The van der Waals surface area contributed by atoms with Gasteiger partial charge in [-0.1, -0.05) is 18.2 Å². The number of aliphatic hydroxyl groups excluding tert-OH is 1. The zero-order valence-corrected chi connectivity index (χ0v) is 27.6. The number of nitrogens with one attached hydrogen (secondary N) is 1. The number of hydrogen-bond donors (Lipinski definition) is 6. The van der Waals surface area contributed by atoms with Crippen LogP contribution in [0.25, 0.3) is 11.2 Å². The molecule has 1 aromatic carbocycles. The van der Waals surface area contributed by atoms with Crippen molar-refractivity contribution >= 4 is 69.7 Å². The Kier molecular flexibility index (Phi) is 11.9. The van der Waals surface area contributed by atoms with E-state index in [0.29, 0.717) is 0 Å². The highest BCUT2D eigenvalue weighted by Gasteiger charge is 2.49. The molecule has 2 aromatic heterocycles. The average Bonchev–Trinajstić information content (AvgIpc) is 3.49. The number of ether oxygens (including phenoxy) is 1. The third-order valence-corrected chi connectivity index (χ3v) is 11.7. The summed E-state index contributed by atoms with van der Waals surface area (Å²) in [5.41, 5.74) is 5.73. The number of para-hydroxylation sites is 1. The van der Waals surface area contributed by atoms with Gasteiger partial charge in [0, 0.05) is 0 Å². The molecule has 0 aliphatic carbocycles. The number of carbonyl (C=O) groups is 1. The number of fused-ring (bicyclic) bond motifs is 1. The smallest absolute Gasteiger partial charge is 0.480 e. The third kappa shape index (κ3) is 9.23. The number of alkyl halides is 1. The predicted octanol–water partition coefficient (Wildman–Crippen LogP) is 2.89. The van der Waals surface area contributed by atoms with Crippen LogP contribution in [0.2, 0.25) is 5.28 Å². The number of carboxylic acid groups (broad SMARTS) is 1. The largest absolute Gasteiger partial charge is 0.490 e. The molecule has 0 amide bonds. The fraction of sp³-hybridized carbons (Fsp3) is 0.429. The number of phosphoric acid groups is 2. The number of halogens is 2. The summed E-state index contributed by atoms with van der Waals surface area (Å²) in [5.74, 6) is -1.57. The number of anilines is 1. The molecule has 8 atom stereocenters. The quantitative estimate of drug-likeness (QED) is 0.0906. The molecule has 7 N–H and O–H groups in total. The standard InChI is InChI=1S/C21H27ClFN6O13P3S/c1-46-8-7-12(20(31)32)28-43(33,40-11-5-3-2-4-6-11)41-45(36,37)42-44(34,35)38-9-13-16(30)14(23)19(39-13)29-10-25-15-17(24)26-21(22)27-18(15)29/h2-6,10,12-14,16,19,30H,7-9H2,1H3,(H,28,33)(H,31,32)(H,34,35)(H,36,37)(H2,24,26,27)/t12?,13-,14+,16-,19-,43?/m1/s1. The maximum Gasteiger partial charge on any atom is 0.490 e. The van der Waals surface area contributed by atoms with Gasteiger partial charge in [-0.3, -0.25) is 13.9 Å². The van der Waals surface area contributed by atoms with E-state index in [-0.39, 0.29) is 40.2 Å².